The molecule has 0 aliphatic carbocycles. The van der Waals surface area contributed by atoms with E-state index in [2.05, 4.69) is 39.6 Å². The Morgan fingerprint density at radius 3 is 2.48 bits per heavy atom. The molecule has 0 aromatic heterocycles. The van der Waals surface area contributed by atoms with Crippen molar-refractivity contribution in [2.75, 3.05) is 39.9 Å². The van der Waals surface area contributed by atoms with Crippen molar-refractivity contribution in [3.8, 4) is 11.5 Å². The van der Waals surface area contributed by atoms with E-state index in [0.717, 1.165) is 73.6 Å². The fraction of sp³-hybridized carbons (Fsp3) is 0.500. The molecule has 2 aliphatic heterocycles. The van der Waals surface area contributed by atoms with E-state index in [1.807, 2.05) is 43.4 Å². The van der Waals surface area contributed by atoms with Crippen molar-refractivity contribution in [1.29, 1.82) is 0 Å². The molecule has 33 heavy (non-hydrogen) atoms. The minimum absolute atomic E-state index is 0. The number of para-hydroxylation sites is 2. The first-order valence-corrected chi connectivity index (χ1v) is 11.8. The van der Waals surface area contributed by atoms with Crippen LogP contribution in [0.15, 0.2) is 53.5 Å². The van der Waals surface area contributed by atoms with Crippen LogP contribution in [0.25, 0.3) is 0 Å². The summed E-state index contributed by atoms with van der Waals surface area (Å²) in [7, 11) is 1.83. The van der Waals surface area contributed by atoms with Crippen molar-refractivity contribution < 1.29 is 9.47 Å². The van der Waals surface area contributed by atoms with E-state index >= 15 is 0 Å². The van der Waals surface area contributed by atoms with Gasteiger partial charge in [0.05, 0.1) is 6.61 Å². The van der Waals surface area contributed by atoms with Crippen molar-refractivity contribution in [3.05, 3.63) is 59.7 Å². The molecule has 0 radical (unpaired) electrons. The first-order valence-electron chi connectivity index (χ1n) is 11.8. The van der Waals surface area contributed by atoms with Crippen molar-refractivity contribution in [1.82, 2.24) is 15.5 Å². The second-order valence-corrected chi connectivity index (χ2v) is 8.85. The lowest BCUT2D eigenvalue weighted by Crippen LogP contribution is -2.49. The van der Waals surface area contributed by atoms with Crippen LogP contribution >= 0.6 is 24.0 Å². The third-order valence-electron chi connectivity index (χ3n) is 6.42. The van der Waals surface area contributed by atoms with E-state index < -0.39 is 0 Å². The SMILES string of the molecule is CN=C(NCc1ccccc1Oc1ccccc1C)NC1CCN(CC2CCOC2)CC1.I. The summed E-state index contributed by atoms with van der Waals surface area (Å²) >= 11 is 0. The van der Waals surface area contributed by atoms with Crippen LogP contribution in [0, 0.1) is 12.8 Å². The van der Waals surface area contributed by atoms with Gasteiger partial charge in [0.1, 0.15) is 11.5 Å². The summed E-state index contributed by atoms with van der Waals surface area (Å²) in [6, 6.07) is 16.7. The average molecular weight is 565 g/mol. The number of ether oxygens (including phenoxy) is 2. The zero-order chi connectivity index (χ0) is 22.2. The molecule has 2 aromatic rings. The number of likely N-dealkylation sites (tertiary alicyclic amines) is 1. The highest BCUT2D eigenvalue weighted by Gasteiger charge is 2.24. The van der Waals surface area contributed by atoms with Crippen molar-refractivity contribution in [2.45, 2.75) is 38.8 Å². The van der Waals surface area contributed by atoms with E-state index in [0.29, 0.717) is 12.6 Å². The Kier molecular flexibility index (Phi) is 10.3. The predicted octanol–water partition coefficient (Wildman–Crippen LogP) is 4.57. The third kappa shape index (κ3) is 7.58. The molecule has 4 rings (SSSR count). The molecule has 6 nitrogen and oxygen atoms in total. The Morgan fingerprint density at radius 1 is 1.06 bits per heavy atom. The zero-order valence-corrected chi connectivity index (χ0v) is 22.1. The number of aliphatic imine (C=N–C) groups is 1. The number of hydrogen-bond acceptors (Lipinski definition) is 4. The van der Waals surface area contributed by atoms with Gasteiger partial charge in [-0.15, -0.1) is 24.0 Å². The molecule has 1 unspecified atom stereocenters. The lowest BCUT2D eigenvalue weighted by Gasteiger charge is -2.34. The zero-order valence-electron chi connectivity index (χ0n) is 19.8. The molecule has 0 saturated carbocycles. The predicted molar refractivity (Wildman–Crippen MR) is 145 cm³/mol. The maximum Gasteiger partial charge on any atom is 0.191 e. The molecule has 0 bridgehead atoms. The number of piperidine rings is 1. The molecule has 0 amide bonds. The van der Waals surface area contributed by atoms with Gasteiger partial charge in [0.15, 0.2) is 5.96 Å². The van der Waals surface area contributed by atoms with Crippen molar-refractivity contribution in [2.24, 2.45) is 10.9 Å². The van der Waals surface area contributed by atoms with Gasteiger partial charge in [-0.25, -0.2) is 0 Å². The van der Waals surface area contributed by atoms with E-state index in [-0.39, 0.29) is 24.0 Å². The van der Waals surface area contributed by atoms with Crippen LogP contribution in [-0.4, -0.2) is 56.8 Å². The topological polar surface area (TPSA) is 58.1 Å². The van der Waals surface area contributed by atoms with E-state index in [4.69, 9.17) is 9.47 Å². The Bertz CT molecular complexity index is 893. The summed E-state index contributed by atoms with van der Waals surface area (Å²) < 4.78 is 11.7. The second kappa shape index (κ2) is 13.2. The number of guanidine groups is 1. The monoisotopic (exact) mass is 564 g/mol. The van der Waals surface area contributed by atoms with Gasteiger partial charge in [0.25, 0.3) is 0 Å². The van der Waals surface area contributed by atoms with Gasteiger partial charge in [-0.1, -0.05) is 36.4 Å². The van der Waals surface area contributed by atoms with E-state index in [1.165, 1.54) is 13.0 Å². The lowest BCUT2D eigenvalue weighted by atomic mass is 10.0. The average Bonchev–Trinajstić information content (AvgIpc) is 3.33. The molecular formula is C26H37IN4O2. The van der Waals surface area contributed by atoms with Crippen LogP contribution in [0.5, 0.6) is 11.5 Å². The molecule has 2 fully saturated rings. The van der Waals surface area contributed by atoms with Crippen LogP contribution in [0.4, 0.5) is 0 Å². The summed E-state index contributed by atoms with van der Waals surface area (Å²) in [5.41, 5.74) is 2.23. The second-order valence-electron chi connectivity index (χ2n) is 8.85. The number of halogens is 1. The molecular weight excluding hydrogens is 527 g/mol. The highest BCUT2D eigenvalue weighted by atomic mass is 127. The van der Waals surface area contributed by atoms with Crippen LogP contribution in [-0.2, 0) is 11.3 Å². The first-order chi connectivity index (χ1) is 15.7. The summed E-state index contributed by atoms with van der Waals surface area (Å²) in [4.78, 5) is 7.04. The van der Waals surface area contributed by atoms with Gasteiger partial charge in [-0.2, -0.15) is 0 Å². The normalized spacial score (nSPS) is 19.7. The Morgan fingerprint density at radius 2 is 1.79 bits per heavy atom. The molecule has 2 aliphatic rings. The smallest absolute Gasteiger partial charge is 0.191 e. The van der Waals surface area contributed by atoms with Gasteiger partial charge < -0.3 is 25.0 Å². The number of rotatable bonds is 7. The third-order valence-corrected chi connectivity index (χ3v) is 6.42. The summed E-state index contributed by atoms with van der Waals surface area (Å²) in [6.45, 7) is 8.04. The maximum atomic E-state index is 6.21. The fourth-order valence-electron chi connectivity index (χ4n) is 4.46. The van der Waals surface area contributed by atoms with E-state index in [9.17, 15) is 0 Å². The molecule has 1 atom stereocenters. The Hall–Kier alpha value is -1.84. The molecule has 7 heteroatoms. The number of aryl methyl sites for hydroxylation is 1. The number of nitrogens with zero attached hydrogens (tertiary/aromatic N) is 2. The quantitative estimate of drug-likeness (QED) is 0.293. The highest BCUT2D eigenvalue weighted by molar-refractivity contribution is 14.0. The summed E-state index contributed by atoms with van der Waals surface area (Å²) in [5, 5.41) is 7.09. The van der Waals surface area contributed by atoms with Crippen molar-refractivity contribution >= 4 is 29.9 Å². The van der Waals surface area contributed by atoms with Gasteiger partial charge in [-0.05, 0) is 49.8 Å². The minimum Gasteiger partial charge on any atom is -0.457 e. The Labute approximate surface area is 215 Å². The summed E-state index contributed by atoms with van der Waals surface area (Å²) in [6.07, 6.45) is 3.49. The summed E-state index contributed by atoms with van der Waals surface area (Å²) in [5.74, 6) is 3.32. The molecule has 2 aromatic carbocycles. The fourth-order valence-corrected chi connectivity index (χ4v) is 4.46. The van der Waals surface area contributed by atoms with Gasteiger partial charge in [0.2, 0.25) is 0 Å². The van der Waals surface area contributed by atoms with E-state index in [1.54, 1.807) is 0 Å². The Balaban J connectivity index is 0.00000306. The van der Waals surface area contributed by atoms with Gasteiger partial charge in [0, 0.05) is 51.4 Å². The molecule has 2 N–H and O–H groups in total. The highest BCUT2D eigenvalue weighted by Crippen LogP contribution is 2.27. The lowest BCUT2D eigenvalue weighted by molar-refractivity contribution is 0.150. The molecule has 0 spiro atoms. The van der Waals surface area contributed by atoms with Crippen LogP contribution < -0.4 is 15.4 Å². The standard InChI is InChI=1S/C26H36N4O2.HI/c1-20-7-3-5-9-24(20)32-25-10-6-4-8-22(25)17-28-26(27-2)29-23-11-14-30(15-12-23)18-21-13-16-31-19-21;/h3-10,21,23H,11-19H2,1-2H3,(H2,27,28,29);1H. The first kappa shape index (κ1) is 25.8. The van der Waals surface area contributed by atoms with Crippen LogP contribution in [0.2, 0.25) is 0 Å². The molecule has 2 heterocycles. The molecule has 2 saturated heterocycles. The number of benzene rings is 2. The maximum absolute atomic E-state index is 6.21. The minimum atomic E-state index is 0. The van der Waals surface area contributed by atoms with Crippen LogP contribution in [0.3, 0.4) is 0 Å². The van der Waals surface area contributed by atoms with Gasteiger partial charge in [-0.3, -0.25) is 4.99 Å². The number of nitrogens with one attached hydrogen (secondary N) is 2. The molecule has 180 valence electrons. The van der Waals surface area contributed by atoms with Gasteiger partial charge >= 0.3 is 0 Å². The largest absolute Gasteiger partial charge is 0.457 e. The van der Waals surface area contributed by atoms with Crippen LogP contribution in [0.1, 0.15) is 30.4 Å². The number of hydrogen-bond donors (Lipinski definition) is 2. The van der Waals surface area contributed by atoms with Crippen molar-refractivity contribution in [3.63, 3.8) is 0 Å².